The Hall–Kier alpha value is -1.29. The Morgan fingerprint density at radius 2 is 1.86 bits per heavy atom. The molecule has 4 nitrogen and oxygen atoms in total. The van der Waals surface area contributed by atoms with Crippen LogP contribution in [0.1, 0.15) is 77.3 Å². The normalized spacial score (nSPS) is 46.4. The van der Waals surface area contributed by atoms with E-state index in [-0.39, 0.29) is 11.3 Å². The molecule has 4 aliphatic rings. The first-order valence-corrected chi connectivity index (χ1v) is 11.9. The van der Waals surface area contributed by atoms with Crippen molar-refractivity contribution in [1.82, 2.24) is 9.97 Å². The number of aromatic nitrogens is 2. The topological polar surface area (TPSA) is 63.1 Å². The van der Waals surface area contributed by atoms with Gasteiger partial charge in [0, 0.05) is 24.5 Å². The molecule has 8 atom stereocenters. The van der Waals surface area contributed by atoms with E-state index < -0.39 is 5.60 Å². The van der Waals surface area contributed by atoms with Crippen LogP contribution in [-0.2, 0) is 11.2 Å². The molecule has 158 valence electrons. The molecule has 8 unspecified atom stereocenters. The summed E-state index contributed by atoms with van der Waals surface area (Å²) in [7, 11) is 0. The number of aliphatic hydroxyl groups is 1. The second-order valence-electron chi connectivity index (χ2n) is 11.2. The maximum absolute atomic E-state index is 13.2. The van der Waals surface area contributed by atoms with Crippen molar-refractivity contribution in [3.63, 3.8) is 0 Å². The van der Waals surface area contributed by atoms with Crippen molar-refractivity contribution in [3.8, 4) is 0 Å². The van der Waals surface area contributed by atoms with E-state index in [0.29, 0.717) is 18.1 Å². The molecule has 29 heavy (non-hydrogen) atoms. The van der Waals surface area contributed by atoms with Crippen molar-refractivity contribution < 1.29 is 9.90 Å². The van der Waals surface area contributed by atoms with Gasteiger partial charge in [0.1, 0.15) is 5.78 Å². The van der Waals surface area contributed by atoms with Crippen LogP contribution in [0.25, 0.3) is 0 Å². The van der Waals surface area contributed by atoms with Gasteiger partial charge in [-0.25, -0.2) is 0 Å². The van der Waals surface area contributed by atoms with Crippen LogP contribution < -0.4 is 0 Å². The van der Waals surface area contributed by atoms with E-state index in [2.05, 4.69) is 16.9 Å². The third kappa shape index (κ3) is 3.36. The summed E-state index contributed by atoms with van der Waals surface area (Å²) in [6, 6.07) is 0. The molecule has 0 aliphatic heterocycles. The first-order valence-electron chi connectivity index (χ1n) is 11.9. The highest BCUT2D eigenvalue weighted by Crippen LogP contribution is 2.64. The summed E-state index contributed by atoms with van der Waals surface area (Å²) in [5.41, 5.74) is 0.545. The van der Waals surface area contributed by atoms with E-state index in [0.717, 1.165) is 48.6 Å². The maximum atomic E-state index is 13.2. The summed E-state index contributed by atoms with van der Waals surface area (Å²) < 4.78 is 0. The zero-order chi connectivity index (χ0) is 20.2. The largest absolute Gasteiger partial charge is 0.390 e. The van der Waals surface area contributed by atoms with Crippen LogP contribution in [-0.4, -0.2) is 26.5 Å². The molecule has 5 rings (SSSR count). The predicted molar refractivity (Wildman–Crippen MR) is 112 cm³/mol. The SMILES string of the molecule is CC1(O)CCC2C(CCC3C2CCC2(C)C(C(=O)Cc4cnccn4)CCC32)C1. The number of nitrogens with zero attached hydrogens (tertiary/aromatic N) is 2. The third-order valence-corrected chi connectivity index (χ3v) is 9.60. The van der Waals surface area contributed by atoms with E-state index >= 15 is 0 Å². The minimum absolute atomic E-state index is 0.174. The monoisotopic (exact) mass is 396 g/mol. The van der Waals surface area contributed by atoms with E-state index in [9.17, 15) is 9.90 Å². The van der Waals surface area contributed by atoms with Crippen LogP contribution in [0.5, 0.6) is 0 Å². The summed E-state index contributed by atoms with van der Waals surface area (Å²) in [5.74, 6) is 4.45. The number of carbonyl (C=O) groups excluding carboxylic acids is 1. The standard InChI is InChI=1S/C25H36N2O2/c1-24(29)9-7-18-16(14-24)3-4-20-19(18)8-10-25(2)21(20)5-6-22(25)23(28)13-17-15-26-11-12-27-17/h11-12,15-16,18-22,29H,3-10,13-14H2,1-2H3. The molecule has 4 saturated carbocycles. The molecule has 0 bridgehead atoms. The van der Waals surface area contributed by atoms with Crippen molar-refractivity contribution in [3.05, 3.63) is 24.3 Å². The lowest BCUT2D eigenvalue weighted by Crippen LogP contribution is -2.51. The molecule has 1 aromatic heterocycles. The van der Waals surface area contributed by atoms with Gasteiger partial charge in [0.25, 0.3) is 0 Å². The fraction of sp³-hybridized carbons (Fsp3) is 0.800. The lowest BCUT2D eigenvalue weighted by Gasteiger charge is -2.56. The highest BCUT2D eigenvalue weighted by atomic mass is 16.3. The lowest BCUT2D eigenvalue weighted by molar-refractivity contribution is -0.131. The Morgan fingerprint density at radius 3 is 2.66 bits per heavy atom. The average molecular weight is 397 g/mol. The first kappa shape index (κ1) is 19.7. The van der Waals surface area contributed by atoms with E-state index in [1.165, 1.54) is 38.5 Å². The second kappa shape index (κ2) is 7.14. The number of carbonyl (C=O) groups is 1. The molecule has 1 N–H and O–H groups in total. The van der Waals surface area contributed by atoms with E-state index in [4.69, 9.17) is 0 Å². The van der Waals surface area contributed by atoms with Crippen LogP contribution in [0.3, 0.4) is 0 Å². The first-order chi connectivity index (χ1) is 13.9. The Kier molecular flexibility index (Phi) is 4.84. The molecular weight excluding hydrogens is 360 g/mol. The Balaban J connectivity index is 1.31. The maximum Gasteiger partial charge on any atom is 0.142 e. The zero-order valence-electron chi connectivity index (χ0n) is 18.0. The number of rotatable bonds is 3. The van der Waals surface area contributed by atoms with Crippen molar-refractivity contribution in [2.75, 3.05) is 0 Å². The zero-order valence-corrected chi connectivity index (χ0v) is 18.0. The molecule has 1 heterocycles. The summed E-state index contributed by atoms with van der Waals surface area (Å²) >= 11 is 0. The smallest absolute Gasteiger partial charge is 0.142 e. The van der Waals surface area contributed by atoms with Crippen molar-refractivity contribution in [1.29, 1.82) is 0 Å². The van der Waals surface area contributed by atoms with Gasteiger partial charge in [0.05, 0.1) is 17.7 Å². The Morgan fingerprint density at radius 1 is 1.03 bits per heavy atom. The molecule has 4 fully saturated rings. The van der Waals surface area contributed by atoms with Crippen molar-refractivity contribution >= 4 is 5.78 Å². The fourth-order valence-corrected chi connectivity index (χ4v) is 8.33. The Bertz CT molecular complexity index is 763. The minimum atomic E-state index is -0.442. The van der Waals surface area contributed by atoms with Gasteiger partial charge in [0.15, 0.2) is 0 Å². The molecule has 0 radical (unpaired) electrons. The van der Waals surface area contributed by atoms with Crippen LogP contribution in [0.2, 0.25) is 0 Å². The number of hydrogen-bond donors (Lipinski definition) is 1. The van der Waals surface area contributed by atoms with Gasteiger partial charge in [-0.05, 0) is 99.7 Å². The molecule has 0 spiro atoms. The van der Waals surface area contributed by atoms with Gasteiger partial charge in [-0.1, -0.05) is 6.92 Å². The van der Waals surface area contributed by atoms with Crippen LogP contribution >= 0.6 is 0 Å². The van der Waals surface area contributed by atoms with Gasteiger partial charge < -0.3 is 5.11 Å². The second-order valence-corrected chi connectivity index (χ2v) is 11.2. The molecule has 0 saturated heterocycles. The van der Waals surface area contributed by atoms with Gasteiger partial charge >= 0.3 is 0 Å². The van der Waals surface area contributed by atoms with Crippen LogP contribution in [0, 0.1) is 40.9 Å². The van der Waals surface area contributed by atoms with Gasteiger partial charge in [0.2, 0.25) is 0 Å². The van der Waals surface area contributed by atoms with Crippen molar-refractivity contribution in [2.45, 2.75) is 83.7 Å². The number of fused-ring (bicyclic) bond motifs is 5. The van der Waals surface area contributed by atoms with Crippen LogP contribution in [0.4, 0.5) is 0 Å². The highest BCUT2D eigenvalue weighted by molar-refractivity contribution is 5.84. The summed E-state index contributed by atoms with van der Waals surface area (Å²) in [4.78, 5) is 21.7. The predicted octanol–water partition coefficient (Wildman–Crippen LogP) is 4.61. The van der Waals surface area contributed by atoms with E-state index in [1.54, 1.807) is 18.6 Å². The van der Waals surface area contributed by atoms with E-state index in [1.807, 2.05) is 6.92 Å². The third-order valence-electron chi connectivity index (χ3n) is 9.60. The number of hydrogen-bond acceptors (Lipinski definition) is 4. The average Bonchev–Trinajstić information content (AvgIpc) is 3.05. The van der Waals surface area contributed by atoms with Gasteiger partial charge in [-0.15, -0.1) is 0 Å². The molecule has 4 heteroatoms. The number of Topliss-reactive ketones (excluding diaryl/α,β-unsaturated/α-hetero) is 1. The molecule has 0 aromatic carbocycles. The molecule has 0 amide bonds. The fourth-order valence-electron chi connectivity index (χ4n) is 8.33. The highest BCUT2D eigenvalue weighted by Gasteiger charge is 2.58. The lowest BCUT2D eigenvalue weighted by atomic mass is 9.49. The summed E-state index contributed by atoms with van der Waals surface area (Å²) in [6.07, 6.45) is 16.1. The molecular formula is C25H36N2O2. The summed E-state index contributed by atoms with van der Waals surface area (Å²) in [6.45, 7) is 4.47. The summed E-state index contributed by atoms with van der Waals surface area (Å²) in [5, 5.41) is 10.6. The molecule has 4 aliphatic carbocycles. The van der Waals surface area contributed by atoms with Gasteiger partial charge in [-0.3, -0.25) is 14.8 Å². The van der Waals surface area contributed by atoms with Gasteiger partial charge in [-0.2, -0.15) is 0 Å². The minimum Gasteiger partial charge on any atom is -0.390 e. The van der Waals surface area contributed by atoms with Crippen molar-refractivity contribution in [2.24, 2.45) is 40.9 Å². The molecule has 1 aromatic rings. The van der Waals surface area contributed by atoms with Crippen LogP contribution in [0.15, 0.2) is 18.6 Å². The Labute approximate surface area is 174 Å². The quantitative estimate of drug-likeness (QED) is 0.810. The number of ketones is 1.